The topological polar surface area (TPSA) is 51.5 Å². The van der Waals surface area contributed by atoms with Crippen molar-refractivity contribution in [2.75, 3.05) is 7.11 Å². The summed E-state index contributed by atoms with van der Waals surface area (Å²) in [6, 6.07) is 5.61. The van der Waals surface area contributed by atoms with Crippen LogP contribution in [0.3, 0.4) is 0 Å². The third-order valence-electron chi connectivity index (χ3n) is 2.60. The zero-order chi connectivity index (χ0) is 11.7. The van der Waals surface area contributed by atoms with Crippen LogP contribution < -0.4 is 4.74 Å². The standard InChI is InChI=1S/C12H13NO3/c1-13-4-3-9-10(13)5-8(7-12(14)15)6-11(9)16-2/h3-6H,7H2,1-2H3,(H,14,15). The van der Waals surface area contributed by atoms with Gasteiger partial charge in [-0.05, 0) is 23.8 Å². The van der Waals surface area contributed by atoms with Gasteiger partial charge in [-0.2, -0.15) is 0 Å². The van der Waals surface area contributed by atoms with Crippen LogP contribution in [0.2, 0.25) is 0 Å². The minimum atomic E-state index is -0.837. The van der Waals surface area contributed by atoms with Gasteiger partial charge in [-0.1, -0.05) is 0 Å². The Morgan fingerprint density at radius 3 is 2.88 bits per heavy atom. The van der Waals surface area contributed by atoms with E-state index >= 15 is 0 Å². The van der Waals surface area contributed by atoms with Gasteiger partial charge in [0, 0.05) is 18.6 Å². The third kappa shape index (κ3) is 1.74. The van der Waals surface area contributed by atoms with E-state index < -0.39 is 5.97 Å². The molecule has 84 valence electrons. The number of benzene rings is 1. The number of ether oxygens (including phenoxy) is 1. The van der Waals surface area contributed by atoms with E-state index in [4.69, 9.17) is 9.84 Å². The summed E-state index contributed by atoms with van der Waals surface area (Å²) >= 11 is 0. The lowest BCUT2D eigenvalue weighted by Crippen LogP contribution is -2.01. The smallest absolute Gasteiger partial charge is 0.307 e. The number of carboxylic acids is 1. The first-order valence-electron chi connectivity index (χ1n) is 4.95. The molecule has 0 aliphatic rings. The Morgan fingerprint density at radius 1 is 1.50 bits per heavy atom. The Bertz CT molecular complexity index is 542. The van der Waals surface area contributed by atoms with Crippen molar-refractivity contribution in [2.45, 2.75) is 6.42 Å². The van der Waals surface area contributed by atoms with Crippen molar-refractivity contribution in [1.29, 1.82) is 0 Å². The van der Waals surface area contributed by atoms with E-state index in [0.717, 1.165) is 16.5 Å². The van der Waals surface area contributed by atoms with Crippen LogP contribution in [0.5, 0.6) is 5.75 Å². The Kier molecular flexibility index (Phi) is 2.56. The van der Waals surface area contributed by atoms with Crippen LogP contribution in [0, 0.1) is 0 Å². The van der Waals surface area contributed by atoms with Gasteiger partial charge in [0.15, 0.2) is 0 Å². The molecule has 0 aliphatic carbocycles. The highest BCUT2D eigenvalue weighted by Crippen LogP contribution is 2.28. The average molecular weight is 219 g/mol. The largest absolute Gasteiger partial charge is 0.496 e. The number of fused-ring (bicyclic) bond motifs is 1. The second-order valence-electron chi connectivity index (χ2n) is 3.73. The number of hydrogen-bond donors (Lipinski definition) is 1. The molecule has 1 heterocycles. The Morgan fingerprint density at radius 2 is 2.25 bits per heavy atom. The molecule has 0 amide bonds. The number of hydrogen-bond acceptors (Lipinski definition) is 2. The number of aryl methyl sites for hydroxylation is 1. The zero-order valence-corrected chi connectivity index (χ0v) is 9.23. The van der Waals surface area contributed by atoms with Crippen LogP contribution in [0.1, 0.15) is 5.56 Å². The maximum absolute atomic E-state index is 10.7. The van der Waals surface area contributed by atoms with Gasteiger partial charge in [-0.15, -0.1) is 0 Å². The first kappa shape index (κ1) is 10.5. The van der Waals surface area contributed by atoms with E-state index in [2.05, 4.69) is 0 Å². The first-order valence-corrected chi connectivity index (χ1v) is 4.95. The Hall–Kier alpha value is -1.97. The summed E-state index contributed by atoms with van der Waals surface area (Å²) in [5.41, 5.74) is 1.73. The summed E-state index contributed by atoms with van der Waals surface area (Å²) < 4.78 is 7.20. The van der Waals surface area contributed by atoms with Gasteiger partial charge in [-0.25, -0.2) is 0 Å². The molecule has 0 saturated carbocycles. The minimum Gasteiger partial charge on any atom is -0.496 e. The molecule has 0 radical (unpaired) electrons. The fraction of sp³-hybridized carbons (Fsp3) is 0.250. The van der Waals surface area contributed by atoms with Gasteiger partial charge in [0.2, 0.25) is 0 Å². The van der Waals surface area contributed by atoms with Crippen molar-refractivity contribution in [2.24, 2.45) is 7.05 Å². The predicted octanol–water partition coefficient (Wildman–Crippen LogP) is 1.81. The van der Waals surface area contributed by atoms with Crippen LogP contribution in [0.25, 0.3) is 10.9 Å². The molecule has 1 aromatic carbocycles. The lowest BCUT2D eigenvalue weighted by atomic mass is 10.1. The van der Waals surface area contributed by atoms with Gasteiger partial charge in [0.1, 0.15) is 5.75 Å². The maximum Gasteiger partial charge on any atom is 0.307 e. The molecular formula is C12H13NO3. The van der Waals surface area contributed by atoms with Crippen molar-refractivity contribution < 1.29 is 14.6 Å². The summed E-state index contributed by atoms with van der Waals surface area (Å²) in [6.45, 7) is 0. The Labute approximate surface area is 93.1 Å². The van der Waals surface area contributed by atoms with Gasteiger partial charge < -0.3 is 14.4 Å². The van der Waals surface area contributed by atoms with E-state index in [9.17, 15) is 4.79 Å². The highest BCUT2D eigenvalue weighted by atomic mass is 16.5. The summed E-state index contributed by atoms with van der Waals surface area (Å²) in [5, 5.41) is 9.77. The summed E-state index contributed by atoms with van der Waals surface area (Å²) in [5.74, 6) is -0.120. The highest BCUT2D eigenvalue weighted by molar-refractivity contribution is 5.88. The van der Waals surface area contributed by atoms with Gasteiger partial charge in [0.05, 0.1) is 19.0 Å². The molecule has 4 heteroatoms. The normalized spacial score (nSPS) is 10.6. The highest BCUT2D eigenvalue weighted by Gasteiger charge is 2.09. The summed E-state index contributed by atoms with van der Waals surface area (Å²) in [6.07, 6.45) is 1.94. The van der Waals surface area contributed by atoms with Crippen LogP contribution >= 0.6 is 0 Å². The molecule has 0 bridgehead atoms. The van der Waals surface area contributed by atoms with Crippen molar-refractivity contribution in [3.63, 3.8) is 0 Å². The van der Waals surface area contributed by atoms with Crippen LogP contribution in [0.4, 0.5) is 0 Å². The van der Waals surface area contributed by atoms with Crippen LogP contribution in [0.15, 0.2) is 24.4 Å². The lowest BCUT2D eigenvalue weighted by molar-refractivity contribution is -0.136. The van der Waals surface area contributed by atoms with E-state index in [0.29, 0.717) is 5.75 Å². The molecule has 2 rings (SSSR count). The molecule has 0 unspecified atom stereocenters. The lowest BCUT2D eigenvalue weighted by Gasteiger charge is -2.06. The molecule has 4 nitrogen and oxygen atoms in total. The van der Waals surface area contributed by atoms with Crippen molar-refractivity contribution in [3.05, 3.63) is 30.0 Å². The molecule has 0 aliphatic heterocycles. The van der Waals surface area contributed by atoms with Gasteiger partial charge in [-0.3, -0.25) is 4.79 Å². The molecular weight excluding hydrogens is 206 g/mol. The van der Waals surface area contributed by atoms with Crippen molar-refractivity contribution in [3.8, 4) is 5.75 Å². The number of methoxy groups -OCH3 is 1. The van der Waals surface area contributed by atoms with Gasteiger partial charge >= 0.3 is 5.97 Å². The maximum atomic E-state index is 10.7. The molecule has 0 fully saturated rings. The second-order valence-corrected chi connectivity index (χ2v) is 3.73. The predicted molar refractivity (Wildman–Crippen MR) is 60.8 cm³/mol. The third-order valence-corrected chi connectivity index (χ3v) is 2.60. The average Bonchev–Trinajstić information content (AvgIpc) is 2.59. The van der Waals surface area contributed by atoms with Crippen LogP contribution in [-0.2, 0) is 18.3 Å². The van der Waals surface area contributed by atoms with E-state index in [1.54, 1.807) is 13.2 Å². The number of nitrogens with zero attached hydrogens (tertiary/aromatic N) is 1. The van der Waals surface area contributed by atoms with Gasteiger partial charge in [0.25, 0.3) is 0 Å². The zero-order valence-electron chi connectivity index (χ0n) is 9.23. The minimum absolute atomic E-state index is 0.0114. The fourth-order valence-corrected chi connectivity index (χ4v) is 1.84. The van der Waals surface area contributed by atoms with Crippen molar-refractivity contribution in [1.82, 2.24) is 4.57 Å². The molecule has 16 heavy (non-hydrogen) atoms. The summed E-state index contributed by atoms with van der Waals surface area (Å²) in [7, 11) is 3.51. The monoisotopic (exact) mass is 219 g/mol. The summed E-state index contributed by atoms with van der Waals surface area (Å²) in [4.78, 5) is 10.7. The fourth-order valence-electron chi connectivity index (χ4n) is 1.84. The van der Waals surface area contributed by atoms with Crippen molar-refractivity contribution >= 4 is 16.9 Å². The Balaban J connectivity index is 2.60. The molecule has 1 aromatic heterocycles. The quantitative estimate of drug-likeness (QED) is 0.856. The number of aromatic nitrogens is 1. The molecule has 0 saturated heterocycles. The van der Waals surface area contributed by atoms with E-state index in [1.165, 1.54) is 0 Å². The number of carbonyl (C=O) groups is 1. The van der Waals surface area contributed by atoms with Crippen LogP contribution in [-0.4, -0.2) is 22.8 Å². The SMILES string of the molecule is COc1cc(CC(=O)O)cc2c1ccn2C. The number of carboxylic acid groups (broad SMARTS) is 1. The van der Waals surface area contributed by atoms with E-state index in [-0.39, 0.29) is 6.42 Å². The number of rotatable bonds is 3. The number of aliphatic carboxylic acids is 1. The second kappa shape index (κ2) is 3.89. The first-order chi connectivity index (χ1) is 7.61. The molecule has 2 aromatic rings. The molecule has 1 N–H and O–H groups in total. The van der Waals surface area contributed by atoms with E-state index in [1.807, 2.05) is 29.9 Å². The molecule has 0 atom stereocenters. The molecule has 0 spiro atoms.